The first-order valence-electron chi connectivity index (χ1n) is 10.3. The summed E-state index contributed by atoms with van der Waals surface area (Å²) in [4.78, 5) is 37.5. The number of carbonyl (C=O) groups is 3. The number of ether oxygens (including phenoxy) is 1. The van der Waals surface area contributed by atoms with Gasteiger partial charge >= 0.3 is 5.97 Å². The number of hydrogen-bond donors (Lipinski definition) is 1. The molecule has 0 aliphatic carbocycles. The maximum Gasteiger partial charge on any atom is 0.326 e. The van der Waals surface area contributed by atoms with E-state index in [9.17, 15) is 23.9 Å². The van der Waals surface area contributed by atoms with E-state index in [1.807, 2.05) is 30.3 Å². The summed E-state index contributed by atoms with van der Waals surface area (Å²) >= 11 is 0. The van der Waals surface area contributed by atoms with Gasteiger partial charge in [0.15, 0.2) is 5.78 Å². The highest BCUT2D eigenvalue weighted by Gasteiger charge is 2.39. The van der Waals surface area contributed by atoms with Crippen molar-refractivity contribution in [2.75, 3.05) is 6.54 Å². The number of aromatic nitrogens is 1. The van der Waals surface area contributed by atoms with Crippen molar-refractivity contribution in [3.63, 3.8) is 0 Å². The molecule has 0 spiro atoms. The molecule has 1 aromatic heterocycles. The van der Waals surface area contributed by atoms with Crippen LogP contribution in [-0.2, 0) is 22.7 Å². The van der Waals surface area contributed by atoms with Gasteiger partial charge in [-0.15, -0.1) is 0 Å². The molecule has 1 saturated heterocycles. The SMILES string of the molecule is CC(=O)c1cn(CC(=O)N2C[C@H](F)C[C@H]2C(=O)O)c2ccc(OCc3ccccc3)cc12. The summed E-state index contributed by atoms with van der Waals surface area (Å²) in [6.07, 6.45) is -0.00237. The maximum atomic E-state index is 13.8. The Kier molecular flexibility index (Phi) is 5.94. The molecule has 1 aliphatic heterocycles. The van der Waals surface area contributed by atoms with E-state index in [0.717, 1.165) is 10.5 Å². The largest absolute Gasteiger partial charge is 0.489 e. The molecule has 1 amide bonds. The number of rotatable bonds is 7. The van der Waals surface area contributed by atoms with E-state index in [1.165, 1.54) is 6.92 Å². The van der Waals surface area contributed by atoms with Crippen molar-refractivity contribution in [3.8, 4) is 5.75 Å². The number of ketones is 1. The highest BCUT2D eigenvalue weighted by Crippen LogP contribution is 2.28. The molecule has 3 aromatic rings. The first kappa shape index (κ1) is 21.5. The Morgan fingerprint density at radius 3 is 2.59 bits per heavy atom. The number of alkyl halides is 1. The normalized spacial score (nSPS) is 18.1. The van der Waals surface area contributed by atoms with E-state index in [1.54, 1.807) is 29.0 Å². The van der Waals surface area contributed by atoms with Crippen LogP contribution < -0.4 is 4.74 Å². The van der Waals surface area contributed by atoms with Crippen molar-refractivity contribution in [1.29, 1.82) is 0 Å². The van der Waals surface area contributed by atoms with Crippen molar-refractivity contribution in [1.82, 2.24) is 9.47 Å². The number of fused-ring (bicyclic) bond motifs is 1. The highest BCUT2D eigenvalue weighted by molar-refractivity contribution is 6.07. The van der Waals surface area contributed by atoms with Gasteiger partial charge in [-0.2, -0.15) is 0 Å². The van der Waals surface area contributed by atoms with Crippen molar-refractivity contribution >= 4 is 28.6 Å². The Hall–Kier alpha value is -3.68. The summed E-state index contributed by atoms with van der Waals surface area (Å²) in [5.41, 5.74) is 2.07. The van der Waals surface area contributed by atoms with E-state index in [4.69, 9.17) is 4.74 Å². The van der Waals surface area contributed by atoms with Gasteiger partial charge in [0.25, 0.3) is 0 Å². The molecular weight excluding hydrogens is 415 g/mol. The summed E-state index contributed by atoms with van der Waals surface area (Å²) in [5.74, 6) is -1.32. The Morgan fingerprint density at radius 2 is 1.91 bits per heavy atom. The summed E-state index contributed by atoms with van der Waals surface area (Å²) in [7, 11) is 0. The Morgan fingerprint density at radius 1 is 1.16 bits per heavy atom. The van der Waals surface area contributed by atoms with E-state index < -0.39 is 24.1 Å². The van der Waals surface area contributed by atoms with Crippen LogP contribution in [0.2, 0.25) is 0 Å². The quantitative estimate of drug-likeness (QED) is 0.571. The number of benzene rings is 2. The number of aliphatic carboxylic acids is 1. The predicted octanol–water partition coefficient (Wildman–Crippen LogP) is 3.45. The summed E-state index contributed by atoms with van der Waals surface area (Å²) < 4.78 is 21.2. The minimum Gasteiger partial charge on any atom is -0.489 e. The van der Waals surface area contributed by atoms with Crippen LogP contribution in [0.25, 0.3) is 10.9 Å². The lowest BCUT2D eigenvalue weighted by atomic mass is 10.1. The molecule has 0 saturated carbocycles. The number of nitrogens with zero attached hydrogens (tertiary/aromatic N) is 2. The van der Waals surface area contributed by atoms with Crippen LogP contribution >= 0.6 is 0 Å². The molecule has 7 nitrogen and oxygen atoms in total. The fourth-order valence-corrected chi connectivity index (χ4v) is 4.05. The molecule has 2 atom stereocenters. The fraction of sp³-hybridized carbons (Fsp3) is 0.292. The van der Waals surface area contributed by atoms with Crippen molar-refractivity contribution < 1.29 is 28.6 Å². The third-order valence-corrected chi connectivity index (χ3v) is 5.64. The van der Waals surface area contributed by atoms with Crippen LogP contribution in [0, 0.1) is 0 Å². The molecule has 2 aromatic carbocycles. The van der Waals surface area contributed by atoms with Gasteiger partial charge in [0.1, 0.15) is 31.1 Å². The lowest BCUT2D eigenvalue weighted by Crippen LogP contribution is -2.42. The second-order valence-corrected chi connectivity index (χ2v) is 7.91. The van der Waals surface area contributed by atoms with Gasteiger partial charge in [0.05, 0.1) is 6.54 Å². The number of carbonyl (C=O) groups excluding carboxylic acids is 2. The Labute approximate surface area is 184 Å². The minimum absolute atomic E-state index is 0.171. The van der Waals surface area contributed by atoms with Crippen LogP contribution in [0.3, 0.4) is 0 Å². The van der Waals surface area contributed by atoms with Gasteiger partial charge in [-0.05, 0) is 30.7 Å². The van der Waals surface area contributed by atoms with Crippen LogP contribution in [0.15, 0.2) is 54.7 Å². The van der Waals surface area contributed by atoms with Gasteiger partial charge in [-0.1, -0.05) is 30.3 Å². The predicted molar refractivity (Wildman–Crippen MR) is 115 cm³/mol. The molecule has 8 heteroatoms. The van der Waals surface area contributed by atoms with E-state index in [0.29, 0.717) is 28.8 Å². The van der Waals surface area contributed by atoms with Crippen molar-refractivity contribution in [2.45, 2.75) is 38.7 Å². The molecule has 1 N–H and O–H groups in total. The molecule has 4 rings (SSSR count). The average molecular weight is 438 g/mol. The molecule has 1 fully saturated rings. The molecule has 32 heavy (non-hydrogen) atoms. The highest BCUT2D eigenvalue weighted by atomic mass is 19.1. The van der Waals surface area contributed by atoms with Crippen LogP contribution in [0.4, 0.5) is 4.39 Å². The van der Waals surface area contributed by atoms with Gasteiger partial charge in [-0.25, -0.2) is 9.18 Å². The number of hydrogen-bond acceptors (Lipinski definition) is 4. The number of carboxylic acid groups (broad SMARTS) is 1. The third kappa shape index (κ3) is 4.34. The fourth-order valence-electron chi connectivity index (χ4n) is 4.05. The summed E-state index contributed by atoms with van der Waals surface area (Å²) in [6, 6.07) is 13.8. The molecule has 0 bridgehead atoms. The zero-order chi connectivity index (χ0) is 22.8. The first-order valence-corrected chi connectivity index (χ1v) is 10.3. The van der Waals surface area contributed by atoms with Gasteiger partial charge in [0, 0.05) is 29.1 Å². The van der Waals surface area contributed by atoms with Crippen LogP contribution in [0.1, 0.15) is 29.3 Å². The monoisotopic (exact) mass is 438 g/mol. The third-order valence-electron chi connectivity index (χ3n) is 5.64. The maximum absolute atomic E-state index is 13.8. The molecule has 1 aliphatic rings. The van der Waals surface area contributed by atoms with Crippen LogP contribution in [-0.4, -0.2) is 51.0 Å². The molecule has 0 radical (unpaired) electrons. The molecule has 0 unspecified atom stereocenters. The number of halogens is 1. The zero-order valence-corrected chi connectivity index (χ0v) is 17.5. The first-order chi connectivity index (χ1) is 15.3. The minimum atomic E-state index is -1.36. The summed E-state index contributed by atoms with van der Waals surface area (Å²) in [5, 5.41) is 9.94. The molecular formula is C24H23FN2O5. The Balaban J connectivity index is 1.59. The molecule has 166 valence electrons. The van der Waals surface area contributed by atoms with Crippen molar-refractivity contribution in [2.24, 2.45) is 0 Å². The second-order valence-electron chi connectivity index (χ2n) is 7.91. The average Bonchev–Trinajstić information content (AvgIpc) is 3.34. The second kappa shape index (κ2) is 8.82. The molecule has 2 heterocycles. The topological polar surface area (TPSA) is 88.8 Å². The summed E-state index contributed by atoms with van der Waals surface area (Å²) in [6.45, 7) is 1.38. The number of amides is 1. The lowest BCUT2D eigenvalue weighted by molar-refractivity contribution is -0.148. The zero-order valence-electron chi connectivity index (χ0n) is 17.5. The van der Waals surface area contributed by atoms with Gasteiger partial charge in [0.2, 0.25) is 5.91 Å². The van der Waals surface area contributed by atoms with E-state index in [2.05, 4.69) is 0 Å². The number of carboxylic acids is 1. The standard InChI is InChI=1S/C24H23FN2O5/c1-15(28)20-12-26(13-23(29)27-11-17(25)9-22(27)24(30)31)21-8-7-18(10-19(20)21)32-14-16-5-3-2-4-6-16/h2-8,10,12,17,22H,9,11,13-14H2,1H3,(H,30,31)/t17-,22+/m1/s1. The van der Waals surface area contributed by atoms with E-state index in [-0.39, 0.29) is 25.3 Å². The van der Waals surface area contributed by atoms with E-state index >= 15 is 0 Å². The van der Waals surface area contributed by atoms with Crippen molar-refractivity contribution in [3.05, 3.63) is 65.9 Å². The van der Waals surface area contributed by atoms with Gasteiger partial charge < -0.3 is 19.3 Å². The Bertz CT molecular complexity index is 1170. The lowest BCUT2D eigenvalue weighted by Gasteiger charge is -2.21. The van der Waals surface area contributed by atoms with Crippen LogP contribution in [0.5, 0.6) is 5.75 Å². The smallest absolute Gasteiger partial charge is 0.326 e. The number of Topliss-reactive ketones (excluding diaryl/α,β-unsaturated/α-hetero) is 1. The number of likely N-dealkylation sites (tertiary alicyclic amines) is 1. The van der Waals surface area contributed by atoms with Gasteiger partial charge in [-0.3, -0.25) is 9.59 Å².